The summed E-state index contributed by atoms with van der Waals surface area (Å²) in [4.78, 5) is 1.62. The second kappa shape index (κ2) is 6.79. The number of nitrogens with zero attached hydrogens (tertiary/aromatic N) is 1. The van der Waals surface area contributed by atoms with Crippen molar-refractivity contribution in [2.45, 2.75) is 25.0 Å². The minimum absolute atomic E-state index is 0.736. The third kappa shape index (κ3) is 3.46. The first-order chi connectivity index (χ1) is 10.1. The number of hydrogen-bond donors (Lipinski definition) is 0. The maximum Gasteiger partial charge on any atom is 0.249 e. The van der Waals surface area contributed by atoms with E-state index in [1.807, 2.05) is 12.1 Å². The fourth-order valence-corrected chi connectivity index (χ4v) is 4.58. The van der Waals surface area contributed by atoms with Gasteiger partial charge in [0, 0.05) is 23.7 Å². The molecule has 0 saturated carbocycles. The summed E-state index contributed by atoms with van der Waals surface area (Å²) >= 11 is 1.40. The Morgan fingerprint density at radius 2 is 2.10 bits per heavy atom. The first-order valence-corrected chi connectivity index (χ1v) is 9.00. The summed E-state index contributed by atoms with van der Waals surface area (Å²) < 4.78 is 26.3. The van der Waals surface area contributed by atoms with Gasteiger partial charge in [-0.2, -0.15) is 0 Å². The minimum Gasteiger partial charge on any atom is -0.252 e. The Hall–Kier alpha value is -1.77. The lowest BCUT2D eigenvalue weighted by molar-refractivity contribution is 0.582. The SMILES string of the molecule is C=CC(c1ccc(C#CCCC)s1)S(=O)(=O)n1cccc1. The molecule has 0 aliphatic carbocycles. The maximum absolute atomic E-state index is 12.6. The average molecular weight is 319 g/mol. The first kappa shape index (κ1) is 15.6. The van der Waals surface area contributed by atoms with E-state index in [4.69, 9.17) is 0 Å². The number of rotatable bonds is 5. The normalized spacial score (nSPS) is 12.4. The van der Waals surface area contributed by atoms with Crippen molar-refractivity contribution in [2.75, 3.05) is 0 Å². The van der Waals surface area contributed by atoms with E-state index in [1.165, 1.54) is 33.8 Å². The summed E-state index contributed by atoms with van der Waals surface area (Å²) in [5.41, 5.74) is 0. The van der Waals surface area contributed by atoms with Crippen LogP contribution in [0.15, 0.2) is 49.3 Å². The third-order valence-electron chi connectivity index (χ3n) is 2.90. The van der Waals surface area contributed by atoms with E-state index in [-0.39, 0.29) is 0 Å². The van der Waals surface area contributed by atoms with Gasteiger partial charge in [-0.1, -0.05) is 24.8 Å². The second-order valence-electron chi connectivity index (χ2n) is 4.47. The molecule has 0 radical (unpaired) electrons. The van der Waals surface area contributed by atoms with Gasteiger partial charge in [0.2, 0.25) is 10.0 Å². The van der Waals surface area contributed by atoms with Crippen molar-refractivity contribution in [3.05, 3.63) is 59.1 Å². The summed E-state index contributed by atoms with van der Waals surface area (Å²) in [7, 11) is -3.51. The zero-order valence-electron chi connectivity index (χ0n) is 11.8. The number of aromatic nitrogens is 1. The van der Waals surface area contributed by atoms with Gasteiger partial charge in [-0.25, -0.2) is 8.42 Å². The predicted molar refractivity (Wildman–Crippen MR) is 87.8 cm³/mol. The molecule has 1 atom stereocenters. The van der Waals surface area contributed by atoms with Crippen LogP contribution >= 0.6 is 11.3 Å². The van der Waals surface area contributed by atoms with E-state index in [0.29, 0.717) is 0 Å². The van der Waals surface area contributed by atoms with Gasteiger partial charge in [-0.15, -0.1) is 17.9 Å². The standard InChI is InChI=1S/C16H17NO2S2/c1-3-5-6-9-14-10-11-15(20-14)16(4-2)21(18,19)17-12-7-8-13-17/h4,7-8,10-13,16H,2-3,5H2,1H3. The number of hydrogen-bond acceptors (Lipinski definition) is 3. The van der Waals surface area contributed by atoms with Gasteiger partial charge in [0.05, 0.1) is 4.88 Å². The number of unbranched alkanes of at least 4 members (excludes halogenated alkanes) is 1. The largest absolute Gasteiger partial charge is 0.252 e. The Kier molecular flexibility index (Phi) is 5.05. The van der Waals surface area contributed by atoms with Crippen molar-refractivity contribution < 1.29 is 8.42 Å². The monoisotopic (exact) mass is 319 g/mol. The van der Waals surface area contributed by atoms with Gasteiger partial charge in [-0.05, 0) is 30.7 Å². The highest BCUT2D eigenvalue weighted by atomic mass is 32.2. The van der Waals surface area contributed by atoms with E-state index >= 15 is 0 Å². The summed E-state index contributed by atoms with van der Waals surface area (Å²) in [5, 5.41) is -0.753. The Bertz CT molecular complexity index is 759. The Labute approximate surface area is 130 Å². The molecule has 0 saturated heterocycles. The molecule has 1 unspecified atom stereocenters. The molecule has 2 aromatic rings. The van der Waals surface area contributed by atoms with Crippen molar-refractivity contribution in [3.63, 3.8) is 0 Å². The van der Waals surface area contributed by atoms with Gasteiger partial charge in [0.1, 0.15) is 5.25 Å². The molecule has 0 fully saturated rings. The summed E-state index contributed by atoms with van der Waals surface area (Å²) in [6.07, 6.45) is 6.38. The molecule has 2 heterocycles. The molecule has 0 N–H and O–H groups in total. The zero-order valence-corrected chi connectivity index (χ0v) is 13.5. The molecule has 0 bridgehead atoms. The fraction of sp³-hybridized carbons (Fsp3) is 0.250. The van der Waals surface area contributed by atoms with Gasteiger partial charge >= 0.3 is 0 Å². The van der Waals surface area contributed by atoms with Crippen LogP contribution in [0.3, 0.4) is 0 Å². The quantitative estimate of drug-likeness (QED) is 0.621. The lowest BCUT2D eigenvalue weighted by Crippen LogP contribution is -2.17. The molecule has 0 spiro atoms. The molecule has 5 heteroatoms. The first-order valence-electron chi connectivity index (χ1n) is 6.68. The van der Waals surface area contributed by atoms with Crippen molar-refractivity contribution in [1.82, 2.24) is 3.97 Å². The highest BCUT2D eigenvalue weighted by molar-refractivity contribution is 7.90. The van der Waals surface area contributed by atoms with Gasteiger partial charge in [0.25, 0.3) is 0 Å². The van der Waals surface area contributed by atoms with E-state index < -0.39 is 15.3 Å². The topological polar surface area (TPSA) is 39.1 Å². The van der Waals surface area contributed by atoms with E-state index in [1.54, 1.807) is 12.1 Å². The van der Waals surface area contributed by atoms with Crippen molar-refractivity contribution in [1.29, 1.82) is 0 Å². The van der Waals surface area contributed by atoms with Crippen molar-refractivity contribution in [3.8, 4) is 11.8 Å². The lowest BCUT2D eigenvalue weighted by Gasteiger charge is -2.12. The van der Waals surface area contributed by atoms with Crippen LogP contribution in [0.5, 0.6) is 0 Å². The summed E-state index contributed by atoms with van der Waals surface area (Å²) in [5.74, 6) is 6.13. The van der Waals surface area contributed by atoms with Gasteiger partial charge < -0.3 is 0 Å². The molecule has 21 heavy (non-hydrogen) atoms. The molecular formula is C16H17NO2S2. The van der Waals surface area contributed by atoms with Gasteiger partial charge in [0.15, 0.2) is 0 Å². The van der Waals surface area contributed by atoms with Crippen LogP contribution in [0.4, 0.5) is 0 Å². The molecule has 0 aliphatic rings. The molecule has 3 nitrogen and oxygen atoms in total. The van der Waals surface area contributed by atoms with Crippen LogP contribution in [0.25, 0.3) is 0 Å². The molecule has 0 amide bonds. The van der Waals surface area contributed by atoms with Crippen LogP contribution in [0, 0.1) is 11.8 Å². The molecule has 110 valence electrons. The van der Waals surface area contributed by atoms with Crippen molar-refractivity contribution in [2.24, 2.45) is 0 Å². The van der Waals surface area contributed by atoms with Gasteiger partial charge in [-0.3, -0.25) is 3.97 Å². The molecule has 0 aromatic carbocycles. The Morgan fingerprint density at radius 3 is 2.71 bits per heavy atom. The van der Waals surface area contributed by atoms with Crippen LogP contribution in [0.1, 0.15) is 34.8 Å². The van der Waals surface area contributed by atoms with Crippen LogP contribution in [-0.4, -0.2) is 12.4 Å². The van der Waals surface area contributed by atoms with E-state index in [0.717, 1.165) is 22.6 Å². The summed E-state index contributed by atoms with van der Waals surface area (Å²) in [6.45, 7) is 5.75. The lowest BCUT2D eigenvalue weighted by atomic mass is 10.3. The molecular weight excluding hydrogens is 302 g/mol. The van der Waals surface area contributed by atoms with Crippen LogP contribution in [0.2, 0.25) is 0 Å². The predicted octanol–water partition coefficient (Wildman–Crippen LogP) is 3.81. The highest BCUT2D eigenvalue weighted by Crippen LogP contribution is 2.31. The third-order valence-corrected chi connectivity index (χ3v) is 6.05. The maximum atomic E-state index is 12.6. The molecule has 2 rings (SSSR count). The van der Waals surface area contributed by atoms with Crippen LogP contribution in [-0.2, 0) is 10.0 Å². The molecule has 0 aliphatic heterocycles. The van der Waals surface area contributed by atoms with E-state index in [2.05, 4.69) is 25.3 Å². The number of thiophene rings is 1. The smallest absolute Gasteiger partial charge is 0.249 e. The van der Waals surface area contributed by atoms with Crippen LogP contribution < -0.4 is 0 Å². The average Bonchev–Trinajstić information content (AvgIpc) is 3.11. The van der Waals surface area contributed by atoms with E-state index in [9.17, 15) is 8.42 Å². The second-order valence-corrected chi connectivity index (χ2v) is 7.54. The molecule has 2 aromatic heterocycles. The van der Waals surface area contributed by atoms with Crippen molar-refractivity contribution >= 4 is 21.4 Å². The Balaban J connectivity index is 2.31. The Morgan fingerprint density at radius 1 is 1.38 bits per heavy atom. The fourth-order valence-electron chi connectivity index (χ4n) is 1.85. The minimum atomic E-state index is -3.51. The summed E-state index contributed by atoms with van der Waals surface area (Å²) in [6, 6.07) is 7.06. The highest BCUT2D eigenvalue weighted by Gasteiger charge is 2.26. The zero-order chi connectivity index (χ0) is 15.3.